The number of phenolic OH excluding ortho intramolecular Hbond substituents is 3. The molecule has 3 rings (SSSR count). The standard InChI is InChI=1S/C35H48O3/c1-20-14-15-27(36)29(22-18-25(34(8,9)10)31(38)26(19-22)35(11,12)13)28(20)21-16-23(32(2,3)4)30(37)24(17-21)33(5,6)7/h14-19,36-38H,1-13H3. The smallest absolute Gasteiger partial charge is 0.124 e. The Bertz CT molecular complexity index is 1190. The van der Waals surface area contributed by atoms with Gasteiger partial charge in [-0.3, -0.25) is 0 Å². The van der Waals surface area contributed by atoms with Crippen LogP contribution in [0, 0.1) is 6.92 Å². The van der Waals surface area contributed by atoms with Crippen LogP contribution in [0.1, 0.15) is 111 Å². The van der Waals surface area contributed by atoms with Gasteiger partial charge in [-0.2, -0.15) is 0 Å². The van der Waals surface area contributed by atoms with Crippen molar-refractivity contribution in [3.05, 3.63) is 64.2 Å². The summed E-state index contributed by atoms with van der Waals surface area (Å²) >= 11 is 0. The van der Waals surface area contributed by atoms with Gasteiger partial charge in [-0.15, -0.1) is 0 Å². The van der Waals surface area contributed by atoms with Gasteiger partial charge in [0.2, 0.25) is 0 Å². The Labute approximate surface area is 230 Å². The van der Waals surface area contributed by atoms with Crippen LogP contribution in [-0.4, -0.2) is 15.3 Å². The van der Waals surface area contributed by atoms with Crippen LogP contribution in [0.15, 0.2) is 36.4 Å². The summed E-state index contributed by atoms with van der Waals surface area (Å²) in [6.45, 7) is 27.3. The molecular weight excluding hydrogens is 468 g/mol. The molecule has 0 bridgehead atoms. The summed E-state index contributed by atoms with van der Waals surface area (Å²) in [5.74, 6) is 0.846. The molecule has 3 aromatic rings. The summed E-state index contributed by atoms with van der Waals surface area (Å²) in [6, 6.07) is 11.9. The quantitative estimate of drug-likeness (QED) is 0.318. The Morgan fingerprint density at radius 2 is 0.737 bits per heavy atom. The van der Waals surface area contributed by atoms with Crippen molar-refractivity contribution >= 4 is 0 Å². The highest BCUT2D eigenvalue weighted by Crippen LogP contribution is 2.49. The maximum atomic E-state index is 11.4. The van der Waals surface area contributed by atoms with Gasteiger partial charge in [-0.05, 0) is 81.2 Å². The fraction of sp³-hybridized carbons (Fsp3) is 0.486. The van der Waals surface area contributed by atoms with Crippen molar-refractivity contribution in [1.82, 2.24) is 0 Å². The summed E-state index contributed by atoms with van der Waals surface area (Å²) in [5.41, 5.74) is 6.87. The van der Waals surface area contributed by atoms with Crippen molar-refractivity contribution in [2.24, 2.45) is 0 Å². The maximum Gasteiger partial charge on any atom is 0.124 e. The minimum atomic E-state index is -0.295. The van der Waals surface area contributed by atoms with Crippen LogP contribution in [-0.2, 0) is 21.7 Å². The number of hydrogen-bond donors (Lipinski definition) is 3. The third-order valence-electron chi connectivity index (χ3n) is 7.42. The highest BCUT2D eigenvalue weighted by atomic mass is 16.3. The fourth-order valence-electron chi connectivity index (χ4n) is 5.20. The van der Waals surface area contributed by atoms with Crippen LogP contribution in [0.4, 0.5) is 0 Å². The van der Waals surface area contributed by atoms with Crippen LogP contribution < -0.4 is 0 Å². The van der Waals surface area contributed by atoms with Gasteiger partial charge in [-0.1, -0.05) is 89.2 Å². The van der Waals surface area contributed by atoms with Crippen molar-refractivity contribution in [3.63, 3.8) is 0 Å². The van der Waals surface area contributed by atoms with Crippen molar-refractivity contribution in [3.8, 4) is 39.5 Å². The van der Waals surface area contributed by atoms with E-state index >= 15 is 0 Å². The predicted molar refractivity (Wildman–Crippen MR) is 162 cm³/mol. The first kappa shape index (κ1) is 29.6. The molecule has 0 aliphatic carbocycles. The van der Waals surface area contributed by atoms with E-state index in [1.165, 1.54) is 0 Å². The van der Waals surface area contributed by atoms with Gasteiger partial charge in [0, 0.05) is 27.8 Å². The molecule has 0 fully saturated rings. The zero-order chi connectivity index (χ0) is 29.2. The van der Waals surface area contributed by atoms with E-state index in [-0.39, 0.29) is 27.4 Å². The van der Waals surface area contributed by atoms with Crippen molar-refractivity contribution in [2.45, 2.75) is 112 Å². The summed E-state index contributed by atoms with van der Waals surface area (Å²) in [5, 5.41) is 34.1. The monoisotopic (exact) mass is 516 g/mol. The molecule has 0 spiro atoms. The lowest BCUT2D eigenvalue weighted by Crippen LogP contribution is -2.18. The highest BCUT2D eigenvalue weighted by molar-refractivity contribution is 5.91. The largest absolute Gasteiger partial charge is 0.507 e. The van der Waals surface area contributed by atoms with E-state index in [0.29, 0.717) is 11.5 Å². The van der Waals surface area contributed by atoms with Crippen LogP contribution in [0.5, 0.6) is 17.2 Å². The minimum absolute atomic E-state index is 0.193. The third kappa shape index (κ3) is 5.58. The van der Waals surface area contributed by atoms with E-state index in [1.54, 1.807) is 6.07 Å². The molecule has 0 radical (unpaired) electrons. The minimum Gasteiger partial charge on any atom is -0.507 e. The van der Waals surface area contributed by atoms with Gasteiger partial charge in [0.1, 0.15) is 17.2 Å². The lowest BCUT2D eigenvalue weighted by atomic mass is 9.75. The van der Waals surface area contributed by atoms with Gasteiger partial charge < -0.3 is 15.3 Å². The molecule has 0 heterocycles. The highest BCUT2D eigenvalue weighted by Gasteiger charge is 2.30. The average Bonchev–Trinajstić information content (AvgIpc) is 2.72. The van der Waals surface area contributed by atoms with E-state index in [1.807, 2.05) is 18.2 Å². The normalized spacial score (nSPS) is 13.2. The molecule has 0 amide bonds. The second kappa shape index (κ2) is 9.36. The fourth-order valence-corrected chi connectivity index (χ4v) is 5.20. The molecule has 3 N–H and O–H groups in total. The summed E-state index contributed by atoms with van der Waals surface area (Å²) in [6.07, 6.45) is 0. The van der Waals surface area contributed by atoms with E-state index in [9.17, 15) is 15.3 Å². The molecule has 38 heavy (non-hydrogen) atoms. The molecule has 206 valence electrons. The molecule has 3 heteroatoms. The zero-order valence-electron chi connectivity index (χ0n) is 25.8. The van der Waals surface area contributed by atoms with Crippen LogP contribution in [0.3, 0.4) is 0 Å². The first-order valence-electron chi connectivity index (χ1n) is 13.6. The van der Waals surface area contributed by atoms with Crippen LogP contribution in [0.2, 0.25) is 0 Å². The third-order valence-corrected chi connectivity index (χ3v) is 7.42. The molecule has 0 unspecified atom stereocenters. The van der Waals surface area contributed by atoms with E-state index in [0.717, 1.165) is 50.1 Å². The number of aryl methyl sites for hydroxylation is 1. The van der Waals surface area contributed by atoms with E-state index in [2.05, 4.69) is 102 Å². The van der Waals surface area contributed by atoms with Gasteiger partial charge in [0.15, 0.2) is 0 Å². The SMILES string of the molecule is Cc1ccc(O)c(-c2cc(C(C)(C)C)c(O)c(C(C)(C)C)c2)c1-c1cc(C(C)(C)C)c(O)c(C(C)(C)C)c1. The van der Waals surface area contributed by atoms with Gasteiger partial charge >= 0.3 is 0 Å². The van der Waals surface area contributed by atoms with Gasteiger partial charge in [0.05, 0.1) is 0 Å². The Morgan fingerprint density at radius 3 is 1.03 bits per heavy atom. The molecule has 0 aliphatic rings. The summed E-state index contributed by atoms with van der Waals surface area (Å²) in [7, 11) is 0. The number of aromatic hydroxyl groups is 3. The predicted octanol–water partition coefficient (Wildman–Crippen LogP) is 9.64. The first-order chi connectivity index (χ1) is 17.0. The molecular formula is C35H48O3. The molecule has 0 atom stereocenters. The lowest BCUT2D eigenvalue weighted by molar-refractivity contribution is 0.422. The summed E-state index contributed by atoms with van der Waals surface area (Å²) in [4.78, 5) is 0. The number of rotatable bonds is 2. The second-order valence-corrected chi connectivity index (χ2v) is 15.0. The second-order valence-electron chi connectivity index (χ2n) is 15.0. The van der Waals surface area contributed by atoms with Crippen LogP contribution in [0.25, 0.3) is 22.3 Å². The van der Waals surface area contributed by atoms with Crippen molar-refractivity contribution in [1.29, 1.82) is 0 Å². The van der Waals surface area contributed by atoms with Gasteiger partial charge in [0.25, 0.3) is 0 Å². The summed E-state index contributed by atoms with van der Waals surface area (Å²) < 4.78 is 0. The number of hydrogen-bond acceptors (Lipinski definition) is 3. The molecule has 0 aliphatic heterocycles. The van der Waals surface area contributed by atoms with Crippen molar-refractivity contribution in [2.75, 3.05) is 0 Å². The lowest BCUT2D eigenvalue weighted by Gasteiger charge is -2.30. The number of benzene rings is 3. The molecule has 0 aromatic heterocycles. The van der Waals surface area contributed by atoms with Crippen LogP contribution >= 0.6 is 0 Å². The van der Waals surface area contributed by atoms with Gasteiger partial charge in [-0.25, -0.2) is 0 Å². The Hall–Kier alpha value is -2.94. The molecule has 0 saturated carbocycles. The molecule has 0 saturated heterocycles. The Morgan fingerprint density at radius 1 is 0.447 bits per heavy atom. The van der Waals surface area contributed by atoms with E-state index in [4.69, 9.17) is 0 Å². The topological polar surface area (TPSA) is 60.7 Å². The van der Waals surface area contributed by atoms with E-state index < -0.39 is 0 Å². The Kier molecular flexibility index (Phi) is 7.30. The number of phenols is 3. The Balaban J connectivity index is 2.54. The van der Waals surface area contributed by atoms with Crippen molar-refractivity contribution < 1.29 is 15.3 Å². The maximum absolute atomic E-state index is 11.4. The molecule has 3 aromatic carbocycles. The molecule has 3 nitrogen and oxygen atoms in total. The average molecular weight is 517 g/mol. The first-order valence-corrected chi connectivity index (χ1v) is 13.6. The zero-order valence-corrected chi connectivity index (χ0v) is 25.8.